The number of benzene rings is 1. The molecule has 0 heterocycles. The van der Waals surface area contributed by atoms with E-state index in [1.165, 1.54) is 26.0 Å². The Balaban J connectivity index is 3.73. The Kier molecular flexibility index (Phi) is 5.68. The summed E-state index contributed by atoms with van der Waals surface area (Å²) >= 11 is 0.0605. The molecule has 0 bridgehead atoms. The highest BCUT2D eigenvalue weighted by Crippen LogP contribution is 2.62. The molecule has 24 heavy (non-hydrogen) atoms. The van der Waals surface area contributed by atoms with Gasteiger partial charge in [0.15, 0.2) is 0 Å². The molecule has 0 saturated carbocycles. The van der Waals surface area contributed by atoms with Crippen molar-refractivity contribution >= 4 is 12.0 Å². The van der Waals surface area contributed by atoms with E-state index in [1.807, 2.05) is 0 Å². The third-order valence-electron chi connectivity index (χ3n) is 4.94. The molecule has 8 heteroatoms. The summed E-state index contributed by atoms with van der Waals surface area (Å²) in [5.41, 5.74) is -7.82. The Morgan fingerprint density at radius 3 is 1.54 bits per heavy atom. The van der Waals surface area contributed by atoms with E-state index in [4.69, 9.17) is 0 Å². The number of hydrogen-bond donors (Lipinski definition) is 0. The number of hydrogen-bond acceptors (Lipinski definition) is 2. The Morgan fingerprint density at radius 2 is 1.21 bits per heavy atom. The monoisotopic (exact) mass is 374 g/mol. The standard InChI is InChI=1S/C16H20F6OS/c1-12(2,11-9-7-6-8-10-11)13(3,4)14(23-24-5,15(17,18)19)16(20,21)22/h6-10H,1-5H3. The van der Waals surface area contributed by atoms with E-state index in [2.05, 4.69) is 4.18 Å². The minimum Gasteiger partial charge on any atom is -0.289 e. The molecule has 0 unspecified atom stereocenters. The predicted molar refractivity (Wildman–Crippen MR) is 82.7 cm³/mol. The molecule has 0 aliphatic carbocycles. The maximum atomic E-state index is 13.7. The fourth-order valence-corrected chi connectivity index (χ4v) is 3.50. The van der Waals surface area contributed by atoms with E-state index in [9.17, 15) is 26.3 Å². The second kappa shape index (κ2) is 6.44. The normalized spacial score (nSPS) is 14.8. The Labute approximate surface area is 142 Å². The highest BCUT2D eigenvalue weighted by atomic mass is 32.2. The zero-order valence-corrected chi connectivity index (χ0v) is 14.8. The number of alkyl halides is 6. The molecule has 0 aliphatic heterocycles. The van der Waals surface area contributed by atoms with Crippen molar-refractivity contribution in [1.29, 1.82) is 0 Å². The second-order valence-electron chi connectivity index (χ2n) is 6.54. The lowest BCUT2D eigenvalue weighted by Gasteiger charge is -2.54. The third kappa shape index (κ3) is 3.03. The Bertz CT molecular complexity index is 534. The Morgan fingerprint density at radius 1 is 0.792 bits per heavy atom. The second-order valence-corrected chi connectivity index (χ2v) is 7.04. The predicted octanol–water partition coefficient (Wildman–Crippen LogP) is 6.15. The summed E-state index contributed by atoms with van der Waals surface area (Å²) in [6.07, 6.45) is -10.3. The quantitative estimate of drug-likeness (QED) is 0.452. The summed E-state index contributed by atoms with van der Waals surface area (Å²) in [6.45, 7) is 4.60. The average molecular weight is 374 g/mol. The van der Waals surface area contributed by atoms with E-state index in [1.54, 1.807) is 18.2 Å². The number of rotatable bonds is 5. The summed E-state index contributed by atoms with van der Waals surface area (Å²) in [7, 11) is 0. The van der Waals surface area contributed by atoms with E-state index in [-0.39, 0.29) is 12.0 Å². The van der Waals surface area contributed by atoms with Crippen molar-refractivity contribution in [2.45, 2.75) is 51.1 Å². The summed E-state index contributed by atoms with van der Waals surface area (Å²) in [5.74, 6) is 0. The van der Waals surface area contributed by atoms with Crippen molar-refractivity contribution in [2.24, 2.45) is 5.41 Å². The van der Waals surface area contributed by atoms with Crippen LogP contribution in [-0.2, 0) is 9.60 Å². The van der Waals surface area contributed by atoms with Crippen LogP contribution in [0.4, 0.5) is 26.3 Å². The first kappa shape index (κ1) is 21.2. The van der Waals surface area contributed by atoms with Gasteiger partial charge in [-0.3, -0.25) is 4.18 Å². The lowest BCUT2D eigenvalue weighted by molar-refractivity contribution is -0.392. The molecule has 138 valence electrons. The third-order valence-corrected chi connectivity index (χ3v) is 5.36. The molecule has 0 spiro atoms. The summed E-state index contributed by atoms with van der Waals surface area (Å²) < 4.78 is 86.8. The lowest BCUT2D eigenvalue weighted by Crippen LogP contribution is -2.70. The molecule has 1 rings (SSSR count). The van der Waals surface area contributed by atoms with Gasteiger partial charge in [0.05, 0.1) is 0 Å². The molecule has 0 fully saturated rings. The molecule has 0 atom stereocenters. The van der Waals surface area contributed by atoms with E-state index in [0.717, 1.165) is 20.1 Å². The van der Waals surface area contributed by atoms with Gasteiger partial charge in [-0.15, -0.1) is 0 Å². The van der Waals surface area contributed by atoms with Crippen LogP contribution >= 0.6 is 12.0 Å². The van der Waals surface area contributed by atoms with Gasteiger partial charge >= 0.3 is 12.4 Å². The molecule has 0 aliphatic rings. The summed E-state index contributed by atoms with van der Waals surface area (Å²) in [4.78, 5) is 0. The first-order chi connectivity index (χ1) is 10.7. The maximum Gasteiger partial charge on any atom is 0.428 e. The highest BCUT2D eigenvalue weighted by Gasteiger charge is 2.81. The van der Waals surface area contributed by atoms with Crippen LogP contribution in [0.1, 0.15) is 33.3 Å². The first-order valence-electron chi connectivity index (χ1n) is 7.07. The van der Waals surface area contributed by atoms with Crippen LogP contribution in [0.25, 0.3) is 0 Å². The van der Waals surface area contributed by atoms with Crippen LogP contribution in [0, 0.1) is 5.41 Å². The van der Waals surface area contributed by atoms with Crippen molar-refractivity contribution in [3.63, 3.8) is 0 Å². The summed E-state index contributed by atoms with van der Waals surface area (Å²) in [6, 6.07) is 7.82. The van der Waals surface area contributed by atoms with E-state index >= 15 is 0 Å². The minimum absolute atomic E-state index is 0.0605. The molecule has 1 aromatic rings. The molecule has 0 aromatic heterocycles. The highest BCUT2D eigenvalue weighted by molar-refractivity contribution is 7.94. The molecule has 0 N–H and O–H groups in total. The van der Waals surface area contributed by atoms with Gasteiger partial charge in [-0.25, -0.2) is 0 Å². The van der Waals surface area contributed by atoms with Crippen molar-refractivity contribution in [3.8, 4) is 0 Å². The van der Waals surface area contributed by atoms with Crippen molar-refractivity contribution in [2.75, 3.05) is 6.26 Å². The van der Waals surface area contributed by atoms with Crippen molar-refractivity contribution < 1.29 is 30.5 Å². The molecule has 0 amide bonds. The molecular weight excluding hydrogens is 354 g/mol. The Hall–Kier alpha value is -0.890. The van der Waals surface area contributed by atoms with Crippen molar-refractivity contribution in [3.05, 3.63) is 35.9 Å². The molecule has 1 nitrogen and oxygen atoms in total. The minimum atomic E-state index is -5.65. The largest absolute Gasteiger partial charge is 0.428 e. The van der Waals surface area contributed by atoms with Crippen LogP contribution < -0.4 is 0 Å². The molecule has 0 radical (unpaired) electrons. The molecular formula is C16H20F6OS. The van der Waals surface area contributed by atoms with Crippen LogP contribution in [0.2, 0.25) is 0 Å². The fraction of sp³-hybridized carbons (Fsp3) is 0.625. The van der Waals surface area contributed by atoms with Crippen LogP contribution in [0.15, 0.2) is 30.3 Å². The topological polar surface area (TPSA) is 9.23 Å². The van der Waals surface area contributed by atoms with Gasteiger partial charge < -0.3 is 0 Å². The zero-order chi connectivity index (χ0) is 19.0. The number of halogens is 6. The van der Waals surface area contributed by atoms with Crippen LogP contribution in [0.3, 0.4) is 0 Å². The van der Waals surface area contributed by atoms with Gasteiger partial charge in [0, 0.05) is 11.7 Å². The van der Waals surface area contributed by atoms with Gasteiger partial charge in [0.25, 0.3) is 5.60 Å². The van der Waals surface area contributed by atoms with Crippen molar-refractivity contribution in [1.82, 2.24) is 0 Å². The van der Waals surface area contributed by atoms with Crippen LogP contribution in [0.5, 0.6) is 0 Å². The average Bonchev–Trinajstić information content (AvgIpc) is 2.42. The SMILES string of the molecule is CSOC(C(F)(F)F)(C(F)(F)F)C(C)(C)C(C)(C)c1ccccc1. The van der Waals surface area contributed by atoms with Gasteiger partial charge in [-0.05, 0) is 23.0 Å². The van der Waals surface area contributed by atoms with E-state index in [0.29, 0.717) is 5.56 Å². The molecule has 1 aromatic carbocycles. The smallest absolute Gasteiger partial charge is 0.289 e. The zero-order valence-electron chi connectivity index (χ0n) is 14.0. The lowest BCUT2D eigenvalue weighted by atomic mass is 9.55. The van der Waals surface area contributed by atoms with Gasteiger partial charge in [-0.1, -0.05) is 58.0 Å². The van der Waals surface area contributed by atoms with Gasteiger partial charge in [0.1, 0.15) is 0 Å². The maximum absolute atomic E-state index is 13.7. The van der Waals surface area contributed by atoms with Gasteiger partial charge in [-0.2, -0.15) is 26.3 Å². The van der Waals surface area contributed by atoms with E-state index < -0.39 is 28.8 Å². The van der Waals surface area contributed by atoms with Gasteiger partial charge in [0.2, 0.25) is 0 Å². The molecule has 0 saturated heterocycles. The fourth-order valence-electron chi connectivity index (χ4n) is 2.85. The first-order valence-corrected chi connectivity index (χ1v) is 8.22. The summed E-state index contributed by atoms with van der Waals surface area (Å²) in [5, 5.41) is 0. The van der Waals surface area contributed by atoms with Crippen LogP contribution in [-0.4, -0.2) is 24.2 Å².